The molecule has 0 atom stereocenters. The summed E-state index contributed by atoms with van der Waals surface area (Å²) < 4.78 is 26.3. The van der Waals surface area contributed by atoms with E-state index in [1.165, 1.54) is 0 Å². The molecular formula is C10H9BrClN3O2S. The van der Waals surface area contributed by atoms with E-state index in [1.807, 2.05) is 0 Å². The maximum Gasteiger partial charge on any atom is 0.233 e. The van der Waals surface area contributed by atoms with E-state index in [9.17, 15) is 8.42 Å². The van der Waals surface area contributed by atoms with Crippen molar-refractivity contribution in [2.24, 2.45) is 0 Å². The van der Waals surface area contributed by atoms with E-state index >= 15 is 0 Å². The first-order chi connectivity index (χ1) is 8.53. The Morgan fingerprint density at radius 1 is 1.28 bits per heavy atom. The molecule has 8 heteroatoms. The number of hydrogen-bond acceptors (Lipinski definition) is 4. The van der Waals surface area contributed by atoms with Crippen LogP contribution in [0.15, 0.2) is 29.0 Å². The van der Waals surface area contributed by atoms with Gasteiger partial charge in [0, 0.05) is 18.3 Å². The molecule has 2 rings (SSSR count). The molecule has 0 spiro atoms. The van der Waals surface area contributed by atoms with Crippen LogP contribution in [-0.4, -0.2) is 30.0 Å². The van der Waals surface area contributed by atoms with Gasteiger partial charge in [-0.15, -0.1) is 11.6 Å². The standard InChI is InChI=1S/C10H9BrClN3O2S/c11-9-7(15-18(16,17)6-3-12)1-2-8-10(9)14-5-4-13-8/h1-2,4-5,15H,3,6H2. The van der Waals surface area contributed by atoms with Crippen molar-refractivity contribution >= 4 is 54.3 Å². The zero-order valence-electron chi connectivity index (χ0n) is 9.10. The maximum atomic E-state index is 11.6. The fourth-order valence-corrected chi connectivity index (χ4v) is 3.49. The van der Waals surface area contributed by atoms with Gasteiger partial charge in [0.1, 0.15) is 5.52 Å². The topological polar surface area (TPSA) is 72.0 Å². The van der Waals surface area contributed by atoms with E-state index in [0.717, 1.165) is 0 Å². The monoisotopic (exact) mass is 349 g/mol. The molecule has 0 fully saturated rings. The van der Waals surface area contributed by atoms with Crippen LogP contribution in [0.1, 0.15) is 0 Å². The summed E-state index contributed by atoms with van der Waals surface area (Å²) in [5.74, 6) is -0.0974. The summed E-state index contributed by atoms with van der Waals surface area (Å²) in [6, 6.07) is 3.33. The number of benzene rings is 1. The number of fused-ring (bicyclic) bond motifs is 1. The lowest BCUT2D eigenvalue weighted by molar-refractivity contribution is 0.602. The highest BCUT2D eigenvalue weighted by molar-refractivity contribution is 9.10. The molecule has 1 heterocycles. The second-order valence-electron chi connectivity index (χ2n) is 3.46. The van der Waals surface area contributed by atoms with Crippen molar-refractivity contribution in [3.05, 3.63) is 29.0 Å². The van der Waals surface area contributed by atoms with Gasteiger partial charge in [-0.25, -0.2) is 8.42 Å². The Bertz CT molecular complexity index is 678. The van der Waals surface area contributed by atoms with Crippen molar-refractivity contribution in [2.75, 3.05) is 16.4 Å². The first kappa shape index (κ1) is 13.5. The van der Waals surface area contributed by atoms with Gasteiger partial charge in [0.25, 0.3) is 0 Å². The SMILES string of the molecule is O=S(=O)(CCCl)Nc1ccc2nccnc2c1Br. The average molecular weight is 351 g/mol. The molecule has 5 nitrogen and oxygen atoms in total. The van der Waals surface area contributed by atoms with E-state index in [-0.39, 0.29) is 11.6 Å². The molecule has 0 aliphatic carbocycles. The summed E-state index contributed by atoms with van der Waals surface area (Å²) in [4.78, 5) is 8.27. The summed E-state index contributed by atoms with van der Waals surface area (Å²) in [5.41, 5.74) is 1.71. The predicted octanol–water partition coefficient (Wildman–Crippen LogP) is 2.37. The Morgan fingerprint density at radius 3 is 2.72 bits per heavy atom. The van der Waals surface area contributed by atoms with E-state index in [2.05, 4.69) is 30.6 Å². The molecule has 0 saturated heterocycles. The van der Waals surface area contributed by atoms with Crippen LogP contribution in [0.3, 0.4) is 0 Å². The van der Waals surface area contributed by atoms with Crippen molar-refractivity contribution in [1.29, 1.82) is 0 Å². The number of hydrogen-bond donors (Lipinski definition) is 1. The Hall–Kier alpha value is -0.920. The Kier molecular flexibility index (Phi) is 4.04. The number of sulfonamides is 1. The fraction of sp³-hybridized carbons (Fsp3) is 0.200. The Balaban J connectivity index is 2.44. The highest BCUT2D eigenvalue weighted by atomic mass is 79.9. The van der Waals surface area contributed by atoms with Crippen LogP contribution in [-0.2, 0) is 10.0 Å². The summed E-state index contributed by atoms with van der Waals surface area (Å²) in [5, 5.41) is 0. The second-order valence-corrected chi connectivity index (χ2v) is 6.47. The lowest BCUT2D eigenvalue weighted by atomic mass is 10.3. The number of rotatable bonds is 4. The third kappa shape index (κ3) is 2.90. The molecule has 1 aromatic carbocycles. The molecule has 0 bridgehead atoms. The van der Waals surface area contributed by atoms with Crippen molar-refractivity contribution in [2.45, 2.75) is 0 Å². The molecule has 1 aromatic heterocycles. The number of nitrogens with one attached hydrogen (secondary N) is 1. The van der Waals surface area contributed by atoms with E-state index in [0.29, 0.717) is 21.2 Å². The Labute approximate surface area is 118 Å². The van der Waals surface area contributed by atoms with E-state index in [1.54, 1.807) is 24.5 Å². The molecule has 0 radical (unpaired) electrons. The molecule has 18 heavy (non-hydrogen) atoms. The molecule has 0 unspecified atom stereocenters. The summed E-state index contributed by atoms with van der Waals surface area (Å²) in [6.45, 7) is 0. The number of anilines is 1. The predicted molar refractivity (Wildman–Crippen MR) is 75.4 cm³/mol. The number of halogens is 2. The van der Waals surface area contributed by atoms with Gasteiger partial charge in [0.05, 0.1) is 21.4 Å². The molecule has 0 aliphatic rings. The van der Waals surface area contributed by atoms with E-state index < -0.39 is 10.0 Å². The minimum absolute atomic E-state index is 0.0420. The molecular weight excluding hydrogens is 342 g/mol. The average Bonchev–Trinajstić information content (AvgIpc) is 2.33. The minimum Gasteiger partial charge on any atom is -0.282 e. The molecule has 0 aliphatic heterocycles. The quantitative estimate of drug-likeness (QED) is 0.859. The summed E-state index contributed by atoms with van der Waals surface area (Å²) in [7, 11) is -3.44. The molecule has 2 aromatic rings. The molecule has 0 amide bonds. The van der Waals surface area contributed by atoms with Crippen molar-refractivity contribution in [1.82, 2.24) is 9.97 Å². The van der Waals surface area contributed by atoms with Crippen LogP contribution < -0.4 is 4.72 Å². The molecule has 0 saturated carbocycles. The fourth-order valence-electron chi connectivity index (χ4n) is 1.40. The highest BCUT2D eigenvalue weighted by Gasteiger charge is 2.13. The highest BCUT2D eigenvalue weighted by Crippen LogP contribution is 2.29. The third-order valence-electron chi connectivity index (χ3n) is 2.19. The van der Waals surface area contributed by atoms with Crippen molar-refractivity contribution in [3.8, 4) is 0 Å². The molecule has 1 N–H and O–H groups in total. The smallest absolute Gasteiger partial charge is 0.233 e. The van der Waals surface area contributed by atoms with Gasteiger partial charge < -0.3 is 0 Å². The van der Waals surface area contributed by atoms with Gasteiger partial charge in [-0.2, -0.15) is 0 Å². The zero-order valence-corrected chi connectivity index (χ0v) is 12.3. The van der Waals surface area contributed by atoms with Crippen LogP contribution >= 0.6 is 27.5 Å². The van der Waals surface area contributed by atoms with Crippen LogP contribution in [0.2, 0.25) is 0 Å². The first-order valence-electron chi connectivity index (χ1n) is 4.99. The Morgan fingerprint density at radius 2 is 2.00 bits per heavy atom. The number of aromatic nitrogens is 2. The van der Waals surface area contributed by atoms with Gasteiger partial charge in [-0.1, -0.05) is 0 Å². The number of alkyl halides is 1. The van der Waals surface area contributed by atoms with Gasteiger partial charge in [0.15, 0.2) is 0 Å². The van der Waals surface area contributed by atoms with Crippen LogP contribution in [0, 0.1) is 0 Å². The van der Waals surface area contributed by atoms with Gasteiger partial charge in [-0.05, 0) is 28.1 Å². The summed E-state index contributed by atoms with van der Waals surface area (Å²) in [6.07, 6.45) is 3.12. The van der Waals surface area contributed by atoms with Crippen LogP contribution in [0.25, 0.3) is 11.0 Å². The van der Waals surface area contributed by atoms with Gasteiger partial charge in [-0.3, -0.25) is 14.7 Å². The largest absolute Gasteiger partial charge is 0.282 e. The van der Waals surface area contributed by atoms with Crippen molar-refractivity contribution in [3.63, 3.8) is 0 Å². The molecule has 96 valence electrons. The zero-order chi connectivity index (χ0) is 13.2. The van der Waals surface area contributed by atoms with Crippen molar-refractivity contribution < 1.29 is 8.42 Å². The lowest BCUT2D eigenvalue weighted by Gasteiger charge is -2.09. The van der Waals surface area contributed by atoms with Crippen LogP contribution in [0.5, 0.6) is 0 Å². The normalized spacial score (nSPS) is 11.7. The first-order valence-corrected chi connectivity index (χ1v) is 7.97. The lowest BCUT2D eigenvalue weighted by Crippen LogP contribution is -2.17. The third-order valence-corrected chi connectivity index (χ3v) is 4.68. The summed E-state index contributed by atoms with van der Waals surface area (Å²) >= 11 is 8.76. The number of nitrogens with zero attached hydrogens (tertiary/aromatic N) is 2. The minimum atomic E-state index is -3.44. The van der Waals surface area contributed by atoms with Gasteiger partial charge in [0.2, 0.25) is 10.0 Å². The maximum absolute atomic E-state index is 11.6. The van der Waals surface area contributed by atoms with Crippen LogP contribution in [0.4, 0.5) is 5.69 Å². The van der Waals surface area contributed by atoms with Gasteiger partial charge >= 0.3 is 0 Å². The van der Waals surface area contributed by atoms with E-state index in [4.69, 9.17) is 11.6 Å². The second kappa shape index (κ2) is 5.38.